The van der Waals surface area contributed by atoms with Crippen LogP contribution in [-0.4, -0.2) is 47.0 Å². The van der Waals surface area contributed by atoms with Crippen molar-refractivity contribution in [3.63, 3.8) is 0 Å². The molecule has 0 bridgehead atoms. The Morgan fingerprint density at radius 2 is 1.67 bits per heavy atom. The third-order valence-electron chi connectivity index (χ3n) is 6.07. The fourth-order valence-corrected chi connectivity index (χ4v) is 4.36. The number of amides is 1. The van der Waals surface area contributed by atoms with Crippen LogP contribution in [0.5, 0.6) is 0 Å². The van der Waals surface area contributed by atoms with Crippen molar-refractivity contribution >= 4 is 17.8 Å². The molecule has 1 amide bonds. The maximum absolute atomic E-state index is 12.8. The highest BCUT2D eigenvalue weighted by Crippen LogP contribution is 2.26. The third-order valence-corrected chi connectivity index (χ3v) is 6.07. The molecule has 1 fully saturated rings. The molecule has 0 unspecified atom stereocenters. The standard InChI is InChI=1S/C28H32N4O/c1-3-26-25(21-24-13-8-5-9-14-24)28(30-22(2)29-26)32-18-10-17-31(19-20-32)27(33)16-15-23-11-6-4-7-12-23/h4-9,11-16H,3,10,17-21H2,1-2H3/b16-15+. The first-order valence-corrected chi connectivity index (χ1v) is 11.8. The zero-order valence-electron chi connectivity index (χ0n) is 19.6. The molecule has 5 heteroatoms. The van der Waals surface area contributed by atoms with Crippen LogP contribution in [0.15, 0.2) is 66.7 Å². The SMILES string of the molecule is CCc1nc(C)nc(N2CCCN(C(=O)/C=C/c3ccccc3)CC2)c1Cc1ccccc1. The van der Waals surface area contributed by atoms with Gasteiger partial charge in [-0.15, -0.1) is 0 Å². The van der Waals surface area contributed by atoms with Crippen LogP contribution in [0.3, 0.4) is 0 Å². The average molecular weight is 441 g/mol. The highest BCUT2D eigenvalue weighted by Gasteiger charge is 2.22. The zero-order valence-corrected chi connectivity index (χ0v) is 19.6. The molecule has 5 nitrogen and oxygen atoms in total. The normalized spacial score (nSPS) is 14.5. The summed E-state index contributed by atoms with van der Waals surface area (Å²) in [6.45, 7) is 7.22. The number of nitrogens with zero attached hydrogens (tertiary/aromatic N) is 4. The Hall–Kier alpha value is -3.47. The Balaban J connectivity index is 1.52. The summed E-state index contributed by atoms with van der Waals surface area (Å²) < 4.78 is 0. The predicted octanol–water partition coefficient (Wildman–Crippen LogP) is 4.69. The summed E-state index contributed by atoms with van der Waals surface area (Å²) in [5.74, 6) is 1.90. The van der Waals surface area contributed by atoms with Gasteiger partial charge in [0.1, 0.15) is 11.6 Å². The highest BCUT2D eigenvalue weighted by atomic mass is 16.2. The number of aromatic nitrogens is 2. The number of aryl methyl sites for hydroxylation is 2. The first kappa shape index (κ1) is 22.7. The topological polar surface area (TPSA) is 49.3 Å². The van der Waals surface area contributed by atoms with Crippen LogP contribution in [0, 0.1) is 6.92 Å². The van der Waals surface area contributed by atoms with Gasteiger partial charge in [0.05, 0.1) is 0 Å². The van der Waals surface area contributed by atoms with E-state index in [1.807, 2.05) is 54.3 Å². The molecule has 4 rings (SSSR count). The molecule has 1 aliphatic heterocycles. The summed E-state index contributed by atoms with van der Waals surface area (Å²) in [5.41, 5.74) is 4.62. The smallest absolute Gasteiger partial charge is 0.246 e. The van der Waals surface area contributed by atoms with Gasteiger partial charge in [0.2, 0.25) is 5.91 Å². The molecule has 0 N–H and O–H groups in total. The van der Waals surface area contributed by atoms with Gasteiger partial charge in [-0.25, -0.2) is 9.97 Å². The minimum absolute atomic E-state index is 0.0679. The van der Waals surface area contributed by atoms with Gasteiger partial charge in [-0.05, 0) is 37.0 Å². The van der Waals surface area contributed by atoms with Gasteiger partial charge in [-0.3, -0.25) is 4.79 Å². The molecule has 2 aromatic carbocycles. The zero-order chi connectivity index (χ0) is 23.0. The van der Waals surface area contributed by atoms with Gasteiger partial charge >= 0.3 is 0 Å². The maximum atomic E-state index is 12.8. The lowest BCUT2D eigenvalue weighted by molar-refractivity contribution is -0.125. The Kier molecular flexibility index (Phi) is 7.51. The van der Waals surface area contributed by atoms with Crippen molar-refractivity contribution in [3.05, 3.63) is 94.9 Å². The molecule has 0 spiro atoms. The van der Waals surface area contributed by atoms with Gasteiger partial charge in [-0.1, -0.05) is 67.6 Å². The van der Waals surface area contributed by atoms with E-state index in [0.717, 1.165) is 61.8 Å². The second-order valence-electron chi connectivity index (χ2n) is 8.45. The van der Waals surface area contributed by atoms with Crippen LogP contribution >= 0.6 is 0 Å². The van der Waals surface area contributed by atoms with E-state index in [1.165, 1.54) is 11.1 Å². The Morgan fingerprint density at radius 3 is 2.39 bits per heavy atom. The summed E-state index contributed by atoms with van der Waals surface area (Å²) in [6, 6.07) is 20.5. The van der Waals surface area contributed by atoms with Crippen LogP contribution in [0.1, 0.15) is 41.6 Å². The second-order valence-corrected chi connectivity index (χ2v) is 8.45. The number of anilines is 1. The number of carbonyl (C=O) groups is 1. The fraction of sp³-hybridized carbons (Fsp3) is 0.321. The van der Waals surface area contributed by atoms with Gasteiger partial charge in [0, 0.05) is 49.9 Å². The van der Waals surface area contributed by atoms with E-state index in [0.29, 0.717) is 6.54 Å². The first-order chi connectivity index (χ1) is 16.1. The molecule has 0 saturated carbocycles. The van der Waals surface area contributed by atoms with Crippen molar-refractivity contribution < 1.29 is 4.79 Å². The van der Waals surface area contributed by atoms with Crippen molar-refractivity contribution in [1.29, 1.82) is 0 Å². The lowest BCUT2D eigenvalue weighted by atomic mass is 10.0. The number of hydrogen-bond donors (Lipinski definition) is 0. The van der Waals surface area contributed by atoms with E-state index in [9.17, 15) is 4.79 Å². The van der Waals surface area contributed by atoms with Gasteiger partial charge in [-0.2, -0.15) is 0 Å². The Morgan fingerprint density at radius 1 is 0.939 bits per heavy atom. The van der Waals surface area contributed by atoms with E-state index in [4.69, 9.17) is 9.97 Å². The van der Waals surface area contributed by atoms with Crippen LogP contribution in [-0.2, 0) is 17.6 Å². The summed E-state index contributed by atoms with van der Waals surface area (Å²) in [4.78, 5) is 26.8. The van der Waals surface area contributed by atoms with Gasteiger partial charge in [0.25, 0.3) is 0 Å². The quantitative estimate of drug-likeness (QED) is 0.522. The molecule has 1 aliphatic rings. The van der Waals surface area contributed by atoms with E-state index in [1.54, 1.807) is 6.08 Å². The molecule has 0 atom stereocenters. The predicted molar refractivity (Wildman–Crippen MR) is 134 cm³/mol. The van der Waals surface area contributed by atoms with Gasteiger partial charge < -0.3 is 9.80 Å². The minimum atomic E-state index is 0.0679. The van der Waals surface area contributed by atoms with Crippen molar-refractivity contribution in [2.24, 2.45) is 0 Å². The second kappa shape index (κ2) is 10.9. The highest BCUT2D eigenvalue weighted by molar-refractivity contribution is 5.91. The van der Waals surface area contributed by atoms with Crippen LogP contribution < -0.4 is 4.90 Å². The molecule has 2 heterocycles. The monoisotopic (exact) mass is 440 g/mol. The van der Waals surface area contributed by atoms with Crippen LogP contribution in [0.2, 0.25) is 0 Å². The third kappa shape index (κ3) is 5.86. The summed E-state index contributed by atoms with van der Waals surface area (Å²) in [6.07, 6.45) is 6.19. The van der Waals surface area contributed by atoms with Crippen LogP contribution in [0.25, 0.3) is 6.08 Å². The molecule has 3 aromatic rings. The Labute approximate surface area is 196 Å². The van der Waals surface area contributed by atoms with E-state index in [2.05, 4.69) is 36.1 Å². The molecular formula is C28H32N4O. The molecule has 1 saturated heterocycles. The molecular weight excluding hydrogens is 408 g/mol. The van der Waals surface area contributed by atoms with Crippen molar-refractivity contribution in [1.82, 2.24) is 14.9 Å². The minimum Gasteiger partial charge on any atom is -0.354 e. The number of rotatable bonds is 6. The molecule has 0 radical (unpaired) electrons. The van der Waals surface area contributed by atoms with E-state index in [-0.39, 0.29) is 5.91 Å². The first-order valence-electron chi connectivity index (χ1n) is 11.8. The molecule has 0 aliphatic carbocycles. The lowest BCUT2D eigenvalue weighted by Gasteiger charge is -2.26. The number of carbonyl (C=O) groups excluding carboxylic acids is 1. The maximum Gasteiger partial charge on any atom is 0.246 e. The number of hydrogen-bond acceptors (Lipinski definition) is 4. The average Bonchev–Trinajstić information content (AvgIpc) is 3.11. The summed E-state index contributed by atoms with van der Waals surface area (Å²) in [7, 11) is 0. The largest absolute Gasteiger partial charge is 0.354 e. The lowest BCUT2D eigenvalue weighted by Crippen LogP contribution is -2.35. The molecule has 1 aromatic heterocycles. The van der Waals surface area contributed by atoms with Crippen molar-refractivity contribution in [3.8, 4) is 0 Å². The van der Waals surface area contributed by atoms with Crippen molar-refractivity contribution in [2.75, 3.05) is 31.1 Å². The van der Waals surface area contributed by atoms with Crippen molar-refractivity contribution in [2.45, 2.75) is 33.1 Å². The number of benzene rings is 2. The molecule has 33 heavy (non-hydrogen) atoms. The van der Waals surface area contributed by atoms with Gasteiger partial charge in [0.15, 0.2) is 0 Å². The molecule has 170 valence electrons. The summed E-state index contributed by atoms with van der Waals surface area (Å²) in [5, 5.41) is 0. The van der Waals surface area contributed by atoms with E-state index < -0.39 is 0 Å². The van der Waals surface area contributed by atoms with E-state index >= 15 is 0 Å². The summed E-state index contributed by atoms with van der Waals surface area (Å²) >= 11 is 0. The fourth-order valence-electron chi connectivity index (χ4n) is 4.36. The Bertz CT molecular complexity index is 1100. The van der Waals surface area contributed by atoms with Crippen LogP contribution in [0.4, 0.5) is 5.82 Å².